The van der Waals surface area contributed by atoms with E-state index in [1.165, 1.54) is 18.4 Å². The Balaban J connectivity index is 1.33. The number of rotatable bonds is 7. The summed E-state index contributed by atoms with van der Waals surface area (Å²) in [5, 5.41) is 0.997. The van der Waals surface area contributed by atoms with Crippen molar-refractivity contribution < 1.29 is 9.53 Å². The number of likely N-dealkylation sites (tertiary alicyclic amines) is 1. The number of ether oxygens (including phenoxy) is 1. The van der Waals surface area contributed by atoms with Gasteiger partial charge in [0, 0.05) is 43.8 Å². The van der Waals surface area contributed by atoms with Crippen molar-refractivity contribution in [2.24, 2.45) is 5.92 Å². The monoisotopic (exact) mass is 405 g/mol. The first-order valence-corrected chi connectivity index (χ1v) is 10.8. The Morgan fingerprint density at radius 2 is 2.00 bits per heavy atom. The number of fused-ring (bicyclic) bond motifs is 1. The van der Waals surface area contributed by atoms with Crippen LogP contribution in [0, 0.1) is 5.92 Å². The minimum absolute atomic E-state index is 0.0959. The molecule has 1 atom stereocenters. The van der Waals surface area contributed by atoms with Gasteiger partial charge in [-0.1, -0.05) is 36.4 Å². The van der Waals surface area contributed by atoms with Gasteiger partial charge in [-0.25, -0.2) is 0 Å². The number of amides is 1. The Morgan fingerprint density at radius 3 is 2.87 bits per heavy atom. The van der Waals surface area contributed by atoms with Gasteiger partial charge < -0.3 is 19.5 Å². The fraction of sp³-hybridized carbons (Fsp3) is 0.400. The van der Waals surface area contributed by atoms with Crippen LogP contribution in [0.15, 0.2) is 54.7 Å². The molecule has 4 rings (SSSR count). The van der Waals surface area contributed by atoms with Crippen molar-refractivity contribution >= 4 is 16.8 Å². The van der Waals surface area contributed by atoms with Crippen LogP contribution in [-0.2, 0) is 6.42 Å². The molecule has 1 aliphatic heterocycles. The normalized spacial score (nSPS) is 17.2. The summed E-state index contributed by atoms with van der Waals surface area (Å²) in [7, 11) is 3.66. The fourth-order valence-electron chi connectivity index (χ4n) is 4.62. The van der Waals surface area contributed by atoms with Gasteiger partial charge in [-0.2, -0.15) is 0 Å². The number of piperidine rings is 1. The lowest BCUT2D eigenvalue weighted by Gasteiger charge is -2.34. The van der Waals surface area contributed by atoms with Crippen LogP contribution in [0.3, 0.4) is 0 Å². The van der Waals surface area contributed by atoms with Gasteiger partial charge in [0.25, 0.3) is 5.91 Å². The Hall–Kier alpha value is -2.79. The number of carbonyl (C=O) groups excluding carboxylic acids is 1. The number of nitrogens with zero attached hydrogens (tertiary/aromatic N) is 2. The number of methoxy groups -OCH3 is 1. The van der Waals surface area contributed by atoms with E-state index >= 15 is 0 Å². The number of aromatic amines is 1. The summed E-state index contributed by atoms with van der Waals surface area (Å²) in [6.45, 7) is 3.99. The molecule has 0 unspecified atom stereocenters. The molecule has 1 saturated heterocycles. The summed E-state index contributed by atoms with van der Waals surface area (Å²) >= 11 is 0. The second kappa shape index (κ2) is 9.35. The Bertz CT molecular complexity index is 997. The van der Waals surface area contributed by atoms with E-state index in [9.17, 15) is 4.79 Å². The zero-order valence-electron chi connectivity index (χ0n) is 17.9. The zero-order valence-corrected chi connectivity index (χ0v) is 17.9. The van der Waals surface area contributed by atoms with Gasteiger partial charge in [0.05, 0.1) is 12.7 Å². The van der Waals surface area contributed by atoms with Crippen molar-refractivity contribution in [3.05, 3.63) is 65.9 Å². The average Bonchev–Trinajstić information content (AvgIpc) is 3.21. The van der Waals surface area contributed by atoms with Gasteiger partial charge in [-0.15, -0.1) is 0 Å². The largest absolute Gasteiger partial charge is 0.496 e. The third-order valence-electron chi connectivity index (χ3n) is 6.19. The maximum Gasteiger partial charge on any atom is 0.255 e. The topological polar surface area (TPSA) is 48.6 Å². The molecule has 158 valence electrons. The van der Waals surface area contributed by atoms with E-state index in [1.54, 1.807) is 7.11 Å². The molecule has 30 heavy (non-hydrogen) atoms. The van der Waals surface area contributed by atoms with Crippen molar-refractivity contribution in [1.29, 1.82) is 0 Å². The van der Waals surface area contributed by atoms with Gasteiger partial charge in [-0.3, -0.25) is 4.79 Å². The summed E-state index contributed by atoms with van der Waals surface area (Å²) in [6, 6.07) is 16.2. The van der Waals surface area contributed by atoms with Crippen molar-refractivity contribution in [3.8, 4) is 5.75 Å². The minimum Gasteiger partial charge on any atom is -0.496 e. The third-order valence-corrected chi connectivity index (χ3v) is 6.19. The van der Waals surface area contributed by atoms with E-state index < -0.39 is 0 Å². The number of para-hydroxylation sites is 2. The fourth-order valence-corrected chi connectivity index (χ4v) is 4.62. The molecule has 3 aromatic rings. The zero-order chi connectivity index (χ0) is 20.9. The van der Waals surface area contributed by atoms with Crippen LogP contribution >= 0.6 is 0 Å². The molecule has 2 aromatic carbocycles. The predicted octanol–water partition coefficient (Wildman–Crippen LogP) is 4.20. The van der Waals surface area contributed by atoms with Crippen LogP contribution in [0.1, 0.15) is 28.8 Å². The Morgan fingerprint density at radius 1 is 1.20 bits per heavy atom. The highest BCUT2D eigenvalue weighted by molar-refractivity contribution is 6.06. The smallest absolute Gasteiger partial charge is 0.255 e. The second-order valence-electron chi connectivity index (χ2n) is 8.30. The SMILES string of the molecule is COc1ccccc1CCN1CCC[C@H](CN(C)C(=O)c2c[nH]c3ccccc23)C1. The quantitative estimate of drug-likeness (QED) is 0.641. The summed E-state index contributed by atoms with van der Waals surface area (Å²) < 4.78 is 5.49. The molecule has 0 saturated carbocycles. The lowest BCUT2D eigenvalue weighted by Crippen LogP contribution is -2.42. The minimum atomic E-state index is 0.0959. The van der Waals surface area contributed by atoms with E-state index in [4.69, 9.17) is 4.74 Å². The lowest BCUT2D eigenvalue weighted by molar-refractivity contribution is 0.0732. The molecule has 1 aromatic heterocycles. The molecule has 5 nitrogen and oxygen atoms in total. The van der Waals surface area contributed by atoms with Gasteiger partial charge >= 0.3 is 0 Å². The number of hydrogen-bond acceptors (Lipinski definition) is 3. The van der Waals surface area contributed by atoms with Gasteiger partial charge in [0.2, 0.25) is 0 Å². The Kier molecular flexibility index (Phi) is 6.38. The van der Waals surface area contributed by atoms with Crippen molar-refractivity contribution in [1.82, 2.24) is 14.8 Å². The van der Waals surface area contributed by atoms with E-state index in [0.717, 1.165) is 54.8 Å². The molecule has 1 aliphatic rings. The molecular formula is C25H31N3O2. The predicted molar refractivity (Wildman–Crippen MR) is 121 cm³/mol. The molecular weight excluding hydrogens is 374 g/mol. The van der Waals surface area contributed by atoms with Crippen LogP contribution in [0.25, 0.3) is 10.9 Å². The highest BCUT2D eigenvalue weighted by atomic mass is 16.5. The first-order valence-electron chi connectivity index (χ1n) is 10.8. The standard InChI is InChI=1S/C25H31N3O2/c1-27(25(29)22-16-26-23-11-5-4-10-21(22)23)17-19-8-7-14-28(18-19)15-13-20-9-3-6-12-24(20)30-2/h3-6,9-12,16,19,26H,7-8,13-15,17-18H2,1-2H3/t19-/m1/s1. The first-order chi connectivity index (χ1) is 14.7. The maximum absolute atomic E-state index is 13.0. The molecule has 0 bridgehead atoms. The summed E-state index contributed by atoms with van der Waals surface area (Å²) in [4.78, 5) is 20.7. The molecule has 1 N–H and O–H groups in total. The number of hydrogen-bond donors (Lipinski definition) is 1. The van der Waals surface area contributed by atoms with Crippen LogP contribution in [0.2, 0.25) is 0 Å². The first kappa shape index (κ1) is 20.5. The summed E-state index contributed by atoms with van der Waals surface area (Å²) in [6.07, 6.45) is 5.19. The van der Waals surface area contributed by atoms with Gasteiger partial charge in [-0.05, 0) is 49.4 Å². The van der Waals surface area contributed by atoms with Gasteiger partial charge in [0.15, 0.2) is 0 Å². The number of nitrogens with one attached hydrogen (secondary N) is 1. The van der Waals surface area contributed by atoms with Crippen molar-refractivity contribution in [2.45, 2.75) is 19.3 Å². The lowest BCUT2D eigenvalue weighted by atomic mass is 9.96. The van der Waals surface area contributed by atoms with E-state index in [0.29, 0.717) is 5.92 Å². The van der Waals surface area contributed by atoms with Crippen LogP contribution in [0.5, 0.6) is 5.75 Å². The van der Waals surface area contributed by atoms with E-state index in [2.05, 4.69) is 22.0 Å². The maximum atomic E-state index is 13.0. The highest BCUT2D eigenvalue weighted by Crippen LogP contribution is 2.23. The van der Waals surface area contributed by atoms with Crippen LogP contribution < -0.4 is 4.74 Å². The van der Waals surface area contributed by atoms with Crippen LogP contribution in [-0.4, -0.2) is 61.0 Å². The number of carbonyl (C=O) groups is 1. The van der Waals surface area contributed by atoms with Crippen LogP contribution in [0.4, 0.5) is 0 Å². The van der Waals surface area contributed by atoms with Crippen molar-refractivity contribution in [2.75, 3.05) is 40.3 Å². The molecule has 1 fully saturated rings. The molecule has 0 spiro atoms. The molecule has 5 heteroatoms. The summed E-state index contributed by atoms with van der Waals surface area (Å²) in [5.74, 6) is 1.57. The highest BCUT2D eigenvalue weighted by Gasteiger charge is 2.24. The van der Waals surface area contributed by atoms with E-state index in [-0.39, 0.29) is 5.91 Å². The van der Waals surface area contributed by atoms with E-state index in [1.807, 2.05) is 54.5 Å². The van der Waals surface area contributed by atoms with Gasteiger partial charge in [0.1, 0.15) is 5.75 Å². The number of benzene rings is 2. The number of H-pyrrole nitrogens is 1. The Labute approximate surface area is 178 Å². The number of aromatic nitrogens is 1. The molecule has 0 radical (unpaired) electrons. The summed E-state index contributed by atoms with van der Waals surface area (Å²) in [5.41, 5.74) is 3.03. The molecule has 1 amide bonds. The van der Waals surface area contributed by atoms with Crippen molar-refractivity contribution in [3.63, 3.8) is 0 Å². The average molecular weight is 406 g/mol. The molecule has 0 aliphatic carbocycles. The third kappa shape index (κ3) is 4.51. The second-order valence-corrected chi connectivity index (χ2v) is 8.30. The molecule has 2 heterocycles.